The van der Waals surface area contributed by atoms with Gasteiger partial charge in [-0.3, -0.25) is 39.2 Å². The summed E-state index contributed by atoms with van der Waals surface area (Å²) >= 11 is 0. The summed E-state index contributed by atoms with van der Waals surface area (Å²) in [5.41, 5.74) is 11.5. The first-order valence-electron chi connectivity index (χ1n) is 17.1. The van der Waals surface area contributed by atoms with Crippen molar-refractivity contribution < 1.29 is 36.7 Å². The summed E-state index contributed by atoms with van der Waals surface area (Å²) < 4.78 is 69.1. The van der Waals surface area contributed by atoms with Gasteiger partial charge in [-0.1, -0.05) is 6.92 Å². The molecule has 0 saturated carbocycles. The van der Waals surface area contributed by atoms with Crippen molar-refractivity contribution in [2.45, 2.75) is 72.1 Å². The Morgan fingerprint density at radius 3 is 1.53 bits per heavy atom. The molecule has 0 aliphatic rings. The Morgan fingerprint density at radius 1 is 0.673 bits per heavy atom. The Hall–Kier alpha value is -6.60. The maximum atomic E-state index is 16.2. The lowest BCUT2D eigenvalue weighted by Gasteiger charge is -2.28. The third-order valence-corrected chi connectivity index (χ3v) is 8.92. The van der Waals surface area contributed by atoms with E-state index in [1.54, 1.807) is 20.8 Å². The van der Waals surface area contributed by atoms with Crippen LogP contribution in [0.5, 0.6) is 0 Å². The van der Waals surface area contributed by atoms with E-state index in [-0.39, 0.29) is 51.1 Å². The summed E-state index contributed by atoms with van der Waals surface area (Å²) in [5, 5.41) is 13.4. The molecule has 0 aliphatic heterocycles. The number of carbonyl (C=O) groups is 4. The van der Waals surface area contributed by atoms with Crippen molar-refractivity contribution in [2.75, 3.05) is 10.6 Å². The van der Waals surface area contributed by atoms with E-state index in [1.165, 1.54) is 57.9 Å². The summed E-state index contributed by atoms with van der Waals surface area (Å²) in [6, 6.07) is 10.2. The molecule has 4 amide bonds. The molecular weight excluding hydrogens is 728 g/mol. The lowest BCUT2D eigenvalue weighted by molar-refractivity contribution is -0.220. The summed E-state index contributed by atoms with van der Waals surface area (Å²) in [7, 11) is 0. The highest BCUT2D eigenvalue weighted by molar-refractivity contribution is 6.04. The molecule has 0 spiro atoms. The molecule has 0 fully saturated rings. The van der Waals surface area contributed by atoms with Crippen LogP contribution in [0.15, 0.2) is 48.5 Å². The van der Waals surface area contributed by atoms with Gasteiger partial charge in [-0.05, 0) is 75.7 Å². The Balaban J connectivity index is 1.39. The van der Waals surface area contributed by atoms with Crippen molar-refractivity contribution in [3.05, 3.63) is 82.4 Å². The smallest absolute Gasteiger partial charge is 0.329 e. The molecule has 6 N–H and O–H groups in total. The third-order valence-electron chi connectivity index (χ3n) is 8.92. The minimum absolute atomic E-state index is 0.0398. The zero-order valence-electron chi connectivity index (χ0n) is 30.0. The molecule has 0 radical (unpaired) electrons. The van der Waals surface area contributed by atoms with Crippen LogP contribution in [-0.2, 0) is 32.6 Å². The lowest BCUT2D eigenvalue weighted by Crippen LogP contribution is -2.47. The number of primary amides is 2. The number of nitrogens with two attached hydrogens (primary N) is 2. The number of rotatable bonds is 14. The number of nitrogens with one attached hydrogen (secondary N) is 2. The van der Waals surface area contributed by atoms with Gasteiger partial charge >= 0.3 is 11.8 Å². The fourth-order valence-electron chi connectivity index (χ4n) is 6.07. The Kier molecular flexibility index (Phi) is 9.93. The SMILES string of the molecule is CCc1cc(C(=O)Nc2nc3cc(C(N)=O)ccc3n2CC(F)(F)C(F)(F)Cn2c(NC(=O)c3cc(C)nn3CC)nc3cc(C(N)=O)ccc32)n(CC)n1. The maximum absolute atomic E-state index is 16.2. The number of benzene rings is 2. The fourth-order valence-corrected chi connectivity index (χ4v) is 6.07. The van der Waals surface area contributed by atoms with Gasteiger partial charge < -0.3 is 20.6 Å². The van der Waals surface area contributed by atoms with E-state index in [1.807, 2.05) is 6.92 Å². The molecule has 2 aromatic carbocycles. The van der Waals surface area contributed by atoms with Gasteiger partial charge in [0.1, 0.15) is 11.4 Å². The number of halogens is 4. The predicted octanol–water partition coefficient (Wildman–Crippen LogP) is 4.36. The van der Waals surface area contributed by atoms with Crippen molar-refractivity contribution in [3.8, 4) is 0 Å². The Labute approximate surface area is 309 Å². The number of fused-ring (bicyclic) bond motifs is 2. The van der Waals surface area contributed by atoms with E-state index >= 15 is 17.6 Å². The van der Waals surface area contributed by atoms with E-state index in [9.17, 15) is 19.2 Å². The van der Waals surface area contributed by atoms with Crippen molar-refractivity contribution in [1.29, 1.82) is 0 Å². The number of aryl methyl sites for hydroxylation is 4. The molecule has 4 heterocycles. The van der Waals surface area contributed by atoms with Gasteiger partial charge in [0.2, 0.25) is 23.7 Å². The molecule has 6 rings (SSSR count). The second kappa shape index (κ2) is 14.3. The van der Waals surface area contributed by atoms with E-state index in [0.717, 1.165) is 0 Å². The van der Waals surface area contributed by atoms with Crippen molar-refractivity contribution >= 4 is 57.6 Å². The molecule has 16 nitrogen and oxygen atoms in total. The van der Waals surface area contributed by atoms with Gasteiger partial charge in [0, 0.05) is 24.2 Å². The number of alkyl halides is 4. The Bertz CT molecular complexity index is 2500. The quantitative estimate of drug-likeness (QED) is 0.117. The number of aromatic nitrogens is 8. The fraction of sp³-hybridized carbons (Fsp3) is 0.314. The normalized spacial score (nSPS) is 12.1. The first-order valence-corrected chi connectivity index (χ1v) is 17.1. The molecule has 0 atom stereocenters. The van der Waals surface area contributed by atoms with E-state index in [2.05, 4.69) is 30.8 Å². The van der Waals surface area contributed by atoms with E-state index in [4.69, 9.17) is 11.5 Å². The number of anilines is 2. The zero-order valence-corrected chi connectivity index (χ0v) is 30.0. The Morgan fingerprint density at radius 2 is 1.11 bits per heavy atom. The molecule has 288 valence electrons. The molecule has 6 aromatic rings. The summed E-state index contributed by atoms with van der Waals surface area (Å²) in [6.07, 6.45) is 0.496. The zero-order chi connectivity index (χ0) is 40.0. The molecule has 20 heteroatoms. The number of amides is 4. The highest BCUT2D eigenvalue weighted by Crippen LogP contribution is 2.40. The first kappa shape index (κ1) is 38.1. The van der Waals surface area contributed by atoms with Crippen molar-refractivity contribution in [2.24, 2.45) is 11.5 Å². The minimum atomic E-state index is -4.87. The van der Waals surface area contributed by atoms with E-state index in [0.29, 0.717) is 33.5 Å². The van der Waals surface area contributed by atoms with Gasteiger partial charge in [0.05, 0.1) is 46.5 Å². The van der Waals surface area contributed by atoms with Crippen LogP contribution >= 0.6 is 0 Å². The van der Waals surface area contributed by atoms with Gasteiger partial charge in [-0.15, -0.1) is 0 Å². The van der Waals surface area contributed by atoms with Crippen LogP contribution < -0.4 is 22.1 Å². The largest absolute Gasteiger partial charge is 0.366 e. The number of hydrogen-bond acceptors (Lipinski definition) is 8. The molecule has 0 aliphatic carbocycles. The predicted molar refractivity (Wildman–Crippen MR) is 192 cm³/mol. The summed E-state index contributed by atoms with van der Waals surface area (Å²) in [6.45, 7) is 4.11. The van der Waals surface area contributed by atoms with Crippen LogP contribution in [0.2, 0.25) is 0 Å². The highest BCUT2D eigenvalue weighted by atomic mass is 19.3. The number of carbonyl (C=O) groups excluding carboxylic acids is 4. The van der Waals surface area contributed by atoms with Gasteiger partial charge in [0.15, 0.2) is 0 Å². The monoisotopic (exact) mass is 764 g/mol. The second-order valence-electron chi connectivity index (χ2n) is 12.7. The molecular formula is C35H36F4N12O4. The van der Waals surface area contributed by atoms with Crippen LogP contribution in [-0.4, -0.2) is 74.1 Å². The topological polar surface area (TPSA) is 216 Å². The van der Waals surface area contributed by atoms with Gasteiger partial charge in [-0.2, -0.15) is 27.8 Å². The molecule has 4 aromatic heterocycles. The average molecular weight is 765 g/mol. The average Bonchev–Trinajstić information content (AvgIpc) is 3.90. The summed E-state index contributed by atoms with van der Waals surface area (Å²) in [5.74, 6) is -14.1. The van der Waals surface area contributed by atoms with Gasteiger partial charge in [-0.25, -0.2) is 9.97 Å². The molecule has 0 unspecified atom stereocenters. The van der Waals surface area contributed by atoms with Crippen LogP contribution in [0.4, 0.5) is 29.5 Å². The molecule has 0 saturated heterocycles. The molecule has 55 heavy (non-hydrogen) atoms. The standard InChI is InChI=1S/C35H36F4N12O4/c1-5-21-15-27(51(7-3)47-21)31(55)45-33-43-23-14-20(29(41)53)9-11-25(23)49(33)17-35(38,39)34(36,37)16-48-24-10-8-19(28(40)52)13-22(24)42-32(48)44-30(54)26-12-18(4)46-50(26)6-2/h8-15H,5-7,16-17H2,1-4H3,(H2,40,52)(H2,41,53)(H,42,44,54)(H,43,45,55). The second-order valence-corrected chi connectivity index (χ2v) is 12.7. The maximum Gasteiger partial charge on any atom is 0.329 e. The first-order chi connectivity index (χ1) is 26.0. The number of nitrogens with zero attached hydrogens (tertiary/aromatic N) is 8. The van der Waals surface area contributed by atoms with Crippen molar-refractivity contribution in [1.82, 2.24) is 38.7 Å². The lowest BCUT2D eigenvalue weighted by atomic mass is 10.1. The number of hydrogen-bond donors (Lipinski definition) is 4. The van der Waals surface area contributed by atoms with Gasteiger partial charge in [0.25, 0.3) is 11.8 Å². The third kappa shape index (κ3) is 7.21. The highest BCUT2D eigenvalue weighted by Gasteiger charge is 2.57. The van der Waals surface area contributed by atoms with Crippen LogP contribution in [0.3, 0.4) is 0 Å². The van der Waals surface area contributed by atoms with Crippen LogP contribution in [0.25, 0.3) is 22.1 Å². The molecule has 0 bridgehead atoms. The summed E-state index contributed by atoms with van der Waals surface area (Å²) in [4.78, 5) is 59.0. The number of imidazole rings is 2. The minimum Gasteiger partial charge on any atom is -0.366 e. The van der Waals surface area contributed by atoms with Crippen LogP contribution in [0, 0.1) is 6.92 Å². The van der Waals surface area contributed by atoms with E-state index < -0.39 is 60.5 Å². The van der Waals surface area contributed by atoms with Crippen LogP contribution in [0.1, 0.15) is 73.9 Å². The van der Waals surface area contributed by atoms with Crippen molar-refractivity contribution in [3.63, 3.8) is 0 Å².